The molecule has 0 bridgehead atoms. The number of amidine groups is 1. The highest BCUT2D eigenvalue weighted by molar-refractivity contribution is 7.11. The van der Waals surface area contributed by atoms with Crippen LogP contribution in [-0.4, -0.2) is 59.0 Å². The van der Waals surface area contributed by atoms with E-state index in [1.54, 1.807) is 48.7 Å². The number of carboxylic acids is 1. The first-order valence-corrected chi connectivity index (χ1v) is 12.0. The summed E-state index contributed by atoms with van der Waals surface area (Å²) in [6.07, 6.45) is 2.42. The minimum absolute atomic E-state index is 0.0120. The molecule has 188 valence electrons. The number of methoxy groups -OCH3 is 1. The van der Waals surface area contributed by atoms with Gasteiger partial charge in [-0.2, -0.15) is 0 Å². The Labute approximate surface area is 216 Å². The van der Waals surface area contributed by atoms with Crippen molar-refractivity contribution in [3.63, 3.8) is 0 Å². The molecule has 36 heavy (non-hydrogen) atoms. The van der Waals surface area contributed by atoms with Gasteiger partial charge in [-0.15, -0.1) is 11.3 Å². The molecule has 8 nitrogen and oxygen atoms in total. The number of fused-ring (bicyclic) bond motifs is 1. The lowest BCUT2D eigenvalue weighted by Gasteiger charge is -2.26. The summed E-state index contributed by atoms with van der Waals surface area (Å²) in [5.74, 6) is -0.685. The van der Waals surface area contributed by atoms with E-state index in [4.69, 9.17) is 27.2 Å². The van der Waals surface area contributed by atoms with Crippen molar-refractivity contribution in [1.82, 2.24) is 9.88 Å². The SMILES string of the molecule is COC(=O)C1=C2CC(N)CN2C(c2nccs2)=NC1.Fc1cccc(Cl)c1.O=C(O)c1ccccc1. The Morgan fingerprint density at radius 1 is 1.22 bits per heavy atom. The second-order valence-electron chi connectivity index (χ2n) is 7.58. The lowest BCUT2D eigenvalue weighted by atomic mass is 10.1. The summed E-state index contributed by atoms with van der Waals surface area (Å²) in [4.78, 5) is 32.7. The monoisotopic (exact) mass is 530 g/mol. The Balaban J connectivity index is 0.000000176. The van der Waals surface area contributed by atoms with Gasteiger partial charge in [-0.25, -0.2) is 19.0 Å². The fourth-order valence-corrected chi connectivity index (χ4v) is 4.29. The van der Waals surface area contributed by atoms with Gasteiger partial charge in [-0.1, -0.05) is 35.9 Å². The number of nitrogens with two attached hydrogens (primary N) is 1. The molecule has 2 aromatic carbocycles. The van der Waals surface area contributed by atoms with E-state index in [1.807, 2.05) is 10.3 Å². The highest BCUT2D eigenvalue weighted by Crippen LogP contribution is 2.30. The van der Waals surface area contributed by atoms with Crippen molar-refractivity contribution in [2.75, 3.05) is 20.2 Å². The first-order valence-electron chi connectivity index (χ1n) is 10.8. The summed E-state index contributed by atoms with van der Waals surface area (Å²) in [7, 11) is 1.38. The van der Waals surface area contributed by atoms with E-state index in [-0.39, 0.29) is 17.8 Å². The molecule has 11 heteroatoms. The topological polar surface area (TPSA) is 118 Å². The van der Waals surface area contributed by atoms with Crippen molar-refractivity contribution in [3.05, 3.63) is 98.9 Å². The number of benzene rings is 2. The van der Waals surface area contributed by atoms with Crippen LogP contribution in [0.5, 0.6) is 0 Å². The van der Waals surface area contributed by atoms with Crippen molar-refractivity contribution in [2.24, 2.45) is 10.7 Å². The number of carboxylic acid groups (broad SMARTS) is 1. The maximum Gasteiger partial charge on any atom is 0.337 e. The fraction of sp³-hybridized carbons (Fsp3) is 0.200. The van der Waals surface area contributed by atoms with Crippen LogP contribution in [0.2, 0.25) is 5.02 Å². The van der Waals surface area contributed by atoms with Gasteiger partial charge in [-0.05, 0) is 30.3 Å². The summed E-state index contributed by atoms with van der Waals surface area (Å²) in [6.45, 7) is 0.994. The number of halogens is 2. The molecular weight excluding hydrogens is 507 g/mol. The normalized spacial score (nSPS) is 16.1. The predicted octanol–water partition coefficient (Wildman–Crippen LogP) is 4.23. The third-order valence-corrected chi connectivity index (χ3v) is 6.06. The summed E-state index contributed by atoms with van der Waals surface area (Å²) in [5, 5.41) is 11.6. The van der Waals surface area contributed by atoms with Gasteiger partial charge in [0.25, 0.3) is 0 Å². The summed E-state index contributed by atoms with van der Waals surface area (Å²) < 4.78 is 16.9. The zero-order valence-electron chi connectivity index (χ0n) is 19.3. The van der Waals surface area contributed by atoms with E-state index in [2.05, 4.69) is 9.98 Å². The highest BCUT2D eigenvalue weighted by atomic mass is 35.5. The smallest absolute Gasteiger partial charge is 0.337 e. The Hall–Kier alpha value is -3.60. The Kier molecular flexibility index (Phi) is 9.69. The average molecular weight is 531 g/mol. The second-order valence-corrected chi connectivity index (χ2v) is 8.91. The summed E-state index contributed by atoms with van der Waals surface area (Å²) in [6, 6.07) is 14.1. The predicted molar refractivity (Wildman–Crippen MR) is 137 cm³/mol. The first kappa shape index (κ1) is 27.0. The second kappa shape index (κ2) is 12.9. The Morgan fingerprint density at radius 3 is 2.50 bits per heavy atom. The Bertz CT molecular complexity index is 1230. The molecule has 1 saturated heterocycles. The van der Waals surface area contributed by atoms with E-state index < -0.39 is 5.97 Å². The van der Waals surface area contributed by atoms with Crippen LogP contribution in [-0.2, 0) is 9.53 Å². The lowest BCUT2D eigenvalue weighted by Crippen LogP contribution is -2.35. The van der Waals surface area contributed by atoms with Gasteiger partial charge in [0.05, 0.1) is 24.8 Å². The first-order chi connectivity index (χ1) is 17.3. The molecule has 2 aliphatic rings. The Morgan fingerprint density at radius 2 is 1.97 bits per heavy atom. The van der Waals surface area contributed by atoms with E-state index in [9.17, 15) is 14.0 Å². The third kappa shape index (κ3) is 7.20. The van der Waals surface area contributed by atoms with Gasteiger partial charge >= 0.3 is 11.9 Å². The van der Waals surface area contributed by atoms with E-state index >= 15 is 0 Å². The molecule has 1 aromatic heterocycles. The van der Waals surface area contributed by atoms with E-state index in [1.165, 1.54) is 30.6 Å². The number of nitrogens with zero attached hydrogens (tertiary/aromatic N) is 3. The molecule has 1 fully saturated rings. The van der Waals surface area contributed by atoms with Crippen molar-refractivity contribution in [1.29, 1.82) is 0 Å². The molecule has 0 spiro atoms. The average Bonchev–Trinajstić information content (AvgIpc) is 3.54. The van der Waals surface area contributed by atoms with E-state index in [0.29, 0.717) is 35.7 Å². The molecule has 1 atom stereocenters. The van der Waals surface area contributed by atoms with Crippen LogP contribution >= 0.6 is 22.9 Å². The van der Waals surface area contributed by atoms with Crippen molar-refractivity contribution in [2.45, 2.75) is 12.5 Å². The standard InChI is InChI=1S/C12H14N4O2S.C7H6O2.C6H4ClF/c1-18-12(17)8-5-15-10(11-14-2-3-19-11)16-6-7(13)4-9(8)16;8-7(9)6-4-2-1-3-5-6;7-5-2-1-3-6(8)4-5/h2-3,7H,4-6,13H2,1H3;1-5H,(H,8,9);1-4H. The van der Waals surface area contributed by atoms with Gasteiger partial charge in [-0.3, -0.25) is 4.99 Å². The zero-order valence-corrected chi connectivity index (χ0v) is 20.9. The number of aromatic carboxylic acids is 1. The molecule has 2 aliphatic heterocycles. The van der Waals surface area contributed by atoms with Crippen molar-refractivity contribution < 1.29 is 23.8 Å². The number of hydrogen-bond donors (Lipinski definition) is 2. The van der Waals surface area contributed by atoms with Crippen LogP contribution in [0.1, 0.15) is 21.8 Å². The zero-order chi connectivity index (χ0) is 26.1. The fourth-order valence-electron chi connectivity index (χ4n) is 3.46. The number of aromatic nitrogens is 1. The molecule has 0 aliphatic carbocycles. The number of esters is 1. The van der Waals surface area contributed by atoms with Crippen LogP contribution in [0.15, 0.2) is 82.4 Å². The van der Waals surface area contributed by atoms with Crippen LogP contribution in [0.3, 0.4) is 0 Å². The molecule has 0 radical (unpaired) electrons. The molecule has 3 N–H and O–H groups in total. The van der Waals surface area contributed by atoms with Crippen LogP contribution in [0.4, 0.5) is 4.39 Å². The maximum absolute atomic E-state index is 12.1. The quantitative estimate of drug-likeness (QED) is 0.486. The summed E-state index contributed by atoms with van der Waals surface area (Å²) in [5.41, 5.74) is 7.88. The minimum atomic E-state index is -0.879. The number of aliphatic imine (C=N–C) groups is 1. The third-order valence-electron chi connectivity index (χ3n) is 5.05. The number of carbonyl (C=O) groups excluding carboxylic acids is 1. The van der Waals surface area contributed by atoms with Crippen LogP contribution in [0, 0.1) is 5.82 Å². The molecule has 0 saturated carbocycles. The van der Waals surface area contributed by atoms with Crippen LogP contribution in [0.25, 0.3) is 0 Å². The highest BCUT2D eigenvalue weighted by Gasteiger charge is 2.36. The number of ether oxygens (including phenoxy) is 1. The largest absolute Gasteiger partial charge is 0.478 e. The molecule has 3 heterocycles. The van der Waals surface area contributed by atoms with Crippen molar-refractivity contribution >= 4 is 40.7 Å². The molecule has 0 amide bonds. The lowest BCUT2D eigenvalue weighted by molar-refractivity contribution is -0.136. The summed E-state index contributed by atoms with van der Waals surface area (Å²) >= 11 is 6.94. The molecular formula is C25H24ClFN4O4S. The number of hydrogen-bond acceptors (Lipinski definition) is 8. The number of thiazole rings is 1. The van der Waals surface area contributed by atoms with Crippen molar-refractivity contribution in [3.8, 4) is 0 Å². The van der Waals surface area contributed by atoms with Gasteiger partial charge in [0.15, 0.2) is 10.8 Å². The number of rotatable bonds is 3. The number of carbonyl (C=O) groups is 2. The molecule has 5 rings (SSSR count). The minimum Gasteiger partial charge on any atom is -0.478 e. The molecule has 3 aromatic rings. The van der Waals surface area contributed by atoms with Gasteiger partial charge in [0.1, 0.15) is 5.82 Å². The maximum atomic E-state index is 12.1. The molecule has 1 unspecified atom stereocenters. The van der Waals surface area contributed by atoms with Gasteiger partial charge in [0.2, 0.25) is 0 Å². The van der Waals surface area contributed by atoms with Gasteiger partial charge in [0, 0.05) is 41.3 Å². The van der Waals surface area contributed by atoms with E-state index in [0.717, 1.165) is 16.5 Å². The van der Waals surface area contributed by atoms with Gasteiger partial charge < -0.3 is 20.5 Å². The van der Waals surface area contributed by atoms with Crippen LogP contribution < -0.4 is 5.73 Å².